The van der Waals surface area contributed by atoms with E-state index >= 15 is 0 Å². The van der Waals surface area contributed by atoms with Gasteiger partial charge in [-0.1, -0.05) is 0 Å². The number of rotatable bonds is 1. The van der Waals surface area contributed by atoms with E-state index in [9.17, 15) is 40.5 Å². The Hall–Kier alpha value is -1.60. The smallest absolute Gasteiger partial charge is 0.419 e. The number of hydrogen-bond acceptors (Lipinski definition) is 10. The molecule has 11 heteroatoms. The molecule has 2 rings (SSSR count). The average Bonchev–Trinajstić information content (AvgIpc) is 3.16. The van der Waals surface area contributed by atoms with E-state index in [1.54, 1.807) is 0 Å². The van der Waals surface area contributed by atoms with Crippen molar-refractivity contribution < 1.29 is 45.3 Å². The number of nitrogens with zero attached hydrogens (tertiary/aromatic N) is 2. The first-order valence-corrected chi connectivity index (χ1v) is 8.17. The SMILES string of the molecule is O=C(OC1CCC(O)C(O)C(O)C(O)C(O)C(O)C(O)C1)n1ccnc1. The lowest BCUT2D eigenvalue weighted by Gasteiger charge is -2.31. The van der Waals surface area contributed by atoms with Gasteiger partial charge in [-0.3, -0.25) is 0 Å². The van der Waals surface area contributed by atoms with Gasteiger partial charge >= 0.3 is 6.09 Å². The van der Waals surface area contributed by atoms with Gasteiger partial charge in [0.2, 0.25) is 0 Å². The van der Waals surface area contributed by atoms with Crippen LogP contribution in [0.15, 0.2) is 18.7 Å². The molecule has 1 aromatic heterocycles. The van der Waals surface area contributed by atoms with Gasteiger partial charge in [0, 0.05) is 18.8 Å². The van der Waals surface area contributed by atoms with Crippen molar-refractivity contribution in [3.05, 3.63) is 18.7 Å². The van der Waals surface area contributed by atoms with Crippen molar-refractivity contribution in [3.63, 3.8) is 0 Å². The number of aliphatic hydroxyl groups is 7. The lowest BCUT2D eigenvalue weighted by atomic mass is 9.94. The molecule has 1 aromatic rings. The molecule has 1 heterocycles. The molecule has 1 fully saturated rings. The molecule has 148 valence electrons. The average molecular weight is 376 g/mol. The molecule has 26 heavy (non-hydrogen) atoms. The molecular weight excluding hydrogens is 352 g/mol. The first kappa shape index (κ1) is 20.7. The lowest BCUT2D eigenvalue weighted by molar-refractivity contribution is -0.166. The molecule has 8 unspecified atom stereocenters. The van der Waals surface area contributed by atoms with Crippen molar-refractivity contribution in [2.24, 2.45) is 0 Å². The summed E-state index contributed by atoms with van der Waals surface area (Å²) in [5.74, 6) is 0. The normalized spacial score (nSPS) is 39.8. The molecule has 0 radical (unpaired) electrons. The molecule has 7 N–H and O–H groups in total. The second kappa shape index (κ2) is 8.86. The van der Waals surface area contributed by atoms with Crippen LogP contribution in [0.2, 0.25) is 0 Å². The van der Waals surface area contributed by atoms with Crippen molar-refractivity contribution in [1.29, 1.82) is 0 Å². The van der Waals surface area contributed by atoms with Gasteiger partial charge in [-0.15, -0.1) is 0 Å². The Morgan fingerprint density at radius 3 is 2.04 bits per heavy atom. The first-order chi connectivity index (χ1) is 12.2. The fraction of sp³-hybridized carbons (Fsp3) is 0.733. The third-order valence-corrected chi connectivity index (χ3v) is 4.46. The van der Waals surface area contributed by atoms with Gasteiger partial charge in [-0.25, -0.2) is 14.3 Å². The second-order valence-electron chi connectivity index (χ2n) is 6.38. The van der Waals surface area contributed by atoms with Crippen LogP contribution in [0.5, 0.6) is 0 Å². The van der Waals surface area contributed by atoms with Crippen LogP contribution >= 0.6 is 0 Å². The number of aliphatic hydroxyl groups excluding tert-OH is 7. The molecule has 8 atom stereocenters. The van der Waals surface area contributed by atoms with E-state index in [-0.39, 0.29) is 19.3 Å². The largest absolute Gasteiger partial charge is 0.445 e. The van der Waals surface area contributed by atoms with E-state index in [4.69, 9.17) is 4.74 Å². The van der Waals surface area contributed by atoms with Crippen LogP contribution in [-0.2, 0) is 4.74 Å². The topological polar surface area (TPSA) is 186 Å². The molecular formula is C15H24N2O9. The molecule has 0 aliphatic heterocycles. The molecule has 1 saturated carbocycles. The summed E-state index contributed by atoms with van der Waals surface area (Å²) in [6.45, 7) is 0. The third kappa shape index (κ3) is 4.76. The maximum Gasteiger partial charge on any atom is 0.419 e. The van der Waals surface area contributed by atoms with Crippen molar-refractivity contribution in [1.82, 2.24) is 9.55 Å². The fourth-order valence-corrected chi connectivity index (χ4v) is 2.79. The number of carbonyl (C=O) groups is 1. The Morgan fingerprint density at radius 1 is 0.885 bits per heavy atom. The number of imidazole rings is 1. The first-order valence-electron chi connectivity index (χ1n) is 8.17. The summed E-state index contributed by atoms with van der Waals surface area (Å²) in [7, 11) is 0. The molecule has 0 aromatic carbocycles. The monoisotopic (exact) mass is 376 g/mol. The van der Waals surface area contributed by atoms with Gasteiger partial charge in [0.15, 0.2) is 0 Å². The Balaban J connectivity index is 2.16. The summed E-state index contributed by atoms with van der Waals surface area (Å²) in [6.07, 6.45) is -11.1. The minimum Gasteiger partial charge on any atom is -0.445 e. The van der Waals surface area contributed by atoms with E-state index in [0.717, 1.165) is 4.57 Å². The van der Waals surface area contributed by atoms with Crippen LogP contribution in [0, 0.1) is 0 Å². The number of carbonyl (C=O) groups excluding carboxylic acids is 1. The van der Waals surface area contributed by atoms with Crippen molar-refractivity contribution in [2.75, 3.05) is 0 Å². The highest BCUT2D eigenvalue weighted by molar-refractivity contribution is 5.70. The van der Waals surface area contributed by atoms with Gasteiger partial charge in [-0.05, 0) is 12.8 Å². The second-order valence-corrected chi connectivity index (χ2v) is 6.38. The Morgan fingerprint density at radius 2 is 1.46 bits per heavy atom. The van der Waals surface area contributed by atoms with E-state index in [1.165, 1.54) is 18.7 Å². The zero-order valence-corrected chi connectivity index (χ0v) is 13.8. The van der Waals surface area contributed by atoms with Gasteiger partial charge in [0.05, 0.1) is 12.2 Å². The molecule has 0 spiro atoms. The molecule has 11 nitrogen and oxygen atoms in total. The standard InChI is InChI=1S/C15H24N2O9/c18-8-2-1-7(26-15(25)17-4-3-16-6-17)5-9(19)11(21)13(23)14(24)12(22)10(8)20/h3-4,6-14,18-24H,1-2,5H2. The third-order valence-electron chi connectivity index (χ3n) is 4.46. The molecule has 1 aliphatic carbocycles. The quantitative estimate of drug-likeness (QED) is 0.265. The summed E-state index contributed by atoms with van der Waals surface area (Å²) in [4.78, 5) is 15.7. The van der Waals surface area contributed by atoms with E-state index in [2.05, 4.69) is 4.98 Å². The minimum atomic E-state index is -2.01. The summed E-state index contributed by atoms with van der Waals surface area (Å²) < 4.78 is 6.26. The summed E-state index contributed by atoms with van der Waals surface area (Å²) in [5.41, 5.74) is 0. The van der Waals surface area contributed by atoms with Crippen LogP contribution in [-0.4, -0.2) is 100 Å². The summed E-state index contributed by atoms with van der Waals surface area (Å²) in [5, 5.41) is 69.4. The van der Waals surface area contributed by atoms with Crippen LogP contribution in [0.25, 0.3) is 0 Å². The molecule has 1 aliphatic rings. The molecule has 0 saturated heterocycles. The number of aromatic nitrogens is 2. The van der Waals surface area contributed by atoms with Gasteiger partial charge < -0.3 is 40.5 Å². The van der Waals surface area contributed by atoms with E-state index < -0.39 is 54.9 Å². The van der Waals surface area contributed by atoms with E-state index in [1.807, 2.05) is 0 Å². The van der Waals surface area contributed by atoms with Crippen molar-refractivity contribution >= 4 is 6.09 Å². The highest BCUT2D eigenvalue weighted by Gasteiger charge is 2.41. The van der Waals surface area contributed by atoms with Crippen molar-refractivity contribution in [3.8, 4) is 0 Å². The maximum absolute atomic E-state index is 12.0. The number of ether oxygens (including phenoxy) is 1. The Bertz CT molecular complexity index is 569. The molecule has 0 amide bonds. The fourth-order valence-electron chi connectivity index (χ4n) is 2.79. The number of hydrogen-bond donors (Lipinski definition) is 7. The highest BCUT2D eigenvalue weighted by Crippen LogP contribution is 2.22. The summed E-state index contributed by atoms with van der Waals surface area (Å²) in [6, 6.07) is 0. The Kier molecular flexibility index (Phi) is 7.06. The zero-order chi connectivity index (χ0) is 19.4. The van der Waals surface area contributed by atoms with Crippen LogP contribution in [0.1, 0.15) is 19.3 Å². The zero-order valence-electron chi connectivity index (χ0n) is 13.8. The van der Waals surface area contributed by atoms with Gasteiger partial charge in [-0.2, -0.15) is 0 Å². The predicted molar refractivity (Wildman–Crippen MR) is 83.8 cm³/mol. The van der Waals surface area contributed by atoms with Crippen LogP contribution in [0.4, 0.5) is 4.79 Å². The van der Waals surface area contributed by atoms with Crippen LogP contribution in [0.3, 0.4) is 0 Å². The van der Waals surface area contributed by atoms with E-state index in [0.29, 0.717) is 0 Å². The van der Waals surface area contributed by atoms with Crippen LogP contribution < -0.4 is 0 Å². The van der Waals surface area contributed by atoms with Gasteiger partial charge in [0.25, 0.3) is 0 Å². The predicted octanol–water partition coefficient (Wildman–Crippen LogP) is -3.05. The highest BCUT2D eigenvalue weighted by atomic mass is 16.6. The lowest BCUT2D eigenvalue weighted by Crippen LogP contribution is -2.54. The maximum atomic E-state index is 12.0. The minimum absolute atomic E-state index is 0.0125. The Labute approximate surface area is 148 Å². The van der Waals surface area contributed by atoms with Crippen molar-refractivity contribution in [2.45, 2.75) is 68.1 Å². The summed E-state index contributed by atoms with van der Waals surface area (Å²) >= 11 is 0. The van der Waals surface area contributed by atoms with Gasteiger partial charge in [0.1, 0.15) is 43.0 Å². The molecule has 0 bridgehead atoms.